The zero-order chi connectivity index (χ0) is 15.3. The first-order chi connectivity index (χ1) is 9.29. The first kappa shape index (κ1) is 16.1. The fourth-order valence-corrected chi connectivity index (χ4v) is 1.59. The molecule has 0 aliphatic rings. The molecule has 0 aliphatic heterocycles. The van der Waals surface area contributed by atoms with Gasteiger partial charge in [-0.3, -0.25) is 0 Å². The van der Waals surface area contributed by atoms with Gasteiger partial charge in [0.25, 0.3) is 0 Å². The van der Waals surface area contributed by atoms with E-state index < -0.39 is 11.9 Å². The predicted octanol–water partition coefficient (Wildman–Crippen LogP) is 2.76. The highest BCUT2D eigenvalue weighted by atomic mass is 19.4. The van der Waals surface area contributed by atoms with E-state index in [4.69, 9.17) is 15.7 Å². The van der Waals surface area contributed by atoms with Crippen LogP contribution in [0.25, 0.3) is 0 Å². The summed E-state index contributed by atoms with van der Waals surface area (Å²) in [4.78, 5) is 3.42. The highest BCUT2D eigenvalue weighted by Gasteiger charge is 2.33. The average molecular weight is 291 g/mol. The van der Waals surface area contributed by atoms with Gasteiger partial charge in [0.1, 0.15) is 5.69 Å². The van der Waals surface area contributed by atoms with Crippen LogP contribution in [0.2, 0.25) is 0 Å². The van der Waals surface area contributed by atoms with Crippen LogP contribution in [0.3, 0.4) is 0 Å². The molecule has 0 amide bonds. The number of hydrogen-bond donors (Lipinski definition) is 2. The minimum atomic E-state index is -4.59. The largest absolute Gasteiger partial charge is 0.474 e. The van der Waals surface area contributed by atoms with E-state index in [0.29, 0.717) is 6.42 Å². The summed E-state index contributed by atoms with van der Waals surface area (Å²) in [5, 5.41) is 11.4. The van der Waals surface area contributed by atoms with Gasteiger partial charge in [0.05, 0.1) is 11.7 Å². The number of rotatable bonds is 5. The molecular weight excluding hydrogens is 275 g/mol. The molecule has 1 atom stereocenters. The molecule has 1 rings (SSSR count). The zero-order valence-electron chi connectivity index (χ0n) is 11.1. The van der Waals surface area contributed by atoms with Crippen LogP contribution in [-0.4, -0.2) is 22.1 Å². The Hall–Kier alpha value is -1.99. The molecule has 1 heterocycles. The molecule has 0 aliphatic carbocycles. The van der Waals surface area contributed by atoms with E-state index in [0.717, 1.165) is 18.6 Å². The first-order valence-electron chi connectivity index (χ1n) is 6.02. The molecule has 1 aromatic heterocycles. The molecule has 0 saturated carbocycles. The third kappa shape index (κ3) is 4.01. The standard InChI is InChI=1S/C12H16F3N3O2/c1-3-4-7(2)20-11-8(10(16)18-19)5-6-9(17-11)12(13,14)15/h5-7,19H,3-4H2,1-2H3,(H2,16,18). The van der Waals surface area contributed by atoms with E-state index in [2.05, 4.69) is 10.1 Å². The van der Waals surface area contributed by atoms with E-state index >= 15 is 0 Å². The fraction of sp³-hybridized carbons (Fsp3) is 0.500. The minimum absolute atomic E-state index is 0.0171. The minimum Gasteiger partial charge on any atom is -0.474 e. The summed E-state index contributed by atoms with van der Waals surface area (Å²) in [6, 6.07) is 1.82. The van der Waals surface area contributed by atoms with Crippen LogP contribution in [-0.2, 0) is 6.18 Å². The number of nitrogens with zero attached hydrogens (tertiary/aromatic N) is 2. The second kappa shape index (κ2) is 6.44. The fourth-order valence-electron chi connectivity index (χ4n) is 1.59. The number of ether oxygens (including phenoxy) is 1. The van der Waals surface area contributed by atoms with Crippen molar-refractivity contribution >= 4 is 5.84 Å². The molecule has 5 nitrogen and oxygen atoms in total. The molecule has 0 bridgehead atoms. The number of pyridine rings is 1. The van der Waals surface area contributed by atoms with Crippen molar-refractivity contribution in [2.24, 2.45) is 10.9 Å². The average Bonchev–Trinajstić information content (AvgIpc) is 2.37. The normalized spacial score (nSPS) is 14.2. The first-order valence-corrected chi connectivity index (χ1v) is 6.02. The number of oxime groups is 1. The lowest BCUT2D eigenvalue weighted by Crippen LogP contribution is -2.21. The van der Waals surface area contributed by atoms with Gasteiger partial charge in [-0.1, -0.05) is 18.5 Å². The van der Waals surface area contributed by atoms with Crippen molar-refractivity contribution in [1.82, 2.24) is 4.98 Å². The summed E-state index contributed by atoms with van der Waals surface area (Å²) in [7, 11) is 0. The van der Waals surface area contributed by atoms with Crippen molar-refractivity contribution in [3.63, 3.8) is 0 Å². The number of alkyl halides is 3. The maximum atomic E-state index is 12.6. The maximum Gasteiger partial charge on any atom is 0.433 e. The van der Waals surface area contributed by atoms with Gasteiger partial charge in [0.15, 0.2) is 5.84 Å². The van der Waals surface area contributed by atoms with Crippen molar-refractivity contribution in [2.75, 3.05) is 0 Å². The Labute approximate surface area is 114 Å². The quantitative estimate of drug-likeness (QED) is 0.378. The number of aromatic nitrogens is 1. The van der Waals surface area contributed by atoms with Crippen molar-refractivity contribution in [1.29, 1.82) is 0 Å². The number of nitrogens with two attached hydrogens (primary N) is 1. The van der Waals surface area contributed by atoms with Gasteiger partial charge < -0.3 is 15.7 Å². The Morgan fingerprint density at radius 3 is 2.65 bits per heavy atom. The van der Waals surface area contributed by atoms with Crippen molar-refractivity contribution < 1.29 is 23.1 Å². The van der Waals surface area contributed by atoms with E-state index in [-0.39, 0.29) is 23.4 Å². The summed E-state index contributed by atoms with van der Waals surface area (Å²) in [5.41, 5.74) is 4.33. The topological polar surface area (TPSA) is 80.7 Å². The molecular formula is C12H16F3N3O2. The summed E-state index contributed by atoms with van der Waals surface area (Å²) in [6.45, 7) is 3.63. The lowest BCUT2D eigenvalue weighted by Gasteiger charge is -2.17. The van der Waals surface area contributed by atoms with Crippen LogP contribution in [0.5, 0.6) is 5.88 Å². The predicted molar refractivity (Wildman–Crippen MR) is 66.7 cm³/mol. The monoisotopic (exact) mass is 291 g/mol. The van der Waals surface area contributed by atoms with Gasteiger partial charge >= 0.3 is 6.18 Å². The Balaban J connectivity index is 3.20. The molecule has 1 unspecified atom stereocenters. The smallest absolute Gasteiger partial charge is 0.433 e. The Morgan fingerprint density at radius 2 is 2.15 bits per heavy atom. The highest BCUT2D eigenvalue weighted by Crippen LogP contribution is 2.30. The van der Waals surface area contributed by atoms with E-state index in [9.17, 15) is 13.2 Å². The van der Waals surface area contributed by atoms with Crippen molar-refractivity contribution in [3.8, 4) is 5.88 Å². The van der Waals surface area contributed by atoms with Gasteiger partial charge in [0.2, 0.25) is 5.88 Å². The van der Waals surface area contributed by atoms with Gasteiger partial charge in [-0.05, 0) is 25.5 Å². The van der Waals surface area contributed by atoms with Crippen LogP contribution >= 0.6 is 0 Å². The summed E-state index contributed by atoms with van der Waals surface area (Å²) in [5.74, 6) is -0.652. The maximum absolute atomic E-state index is 12.6. The molecule has 0 spiro atoms. The lowest BCUT2D eigenvalue weighted by molar-refractivity contribution is -0.141. The van der Waals surface area contributed by atoms with Gasteiger partial charge in [-0.25, -0.2) is 4.98 Å². The Bertz CT molecular complexity index is 489. The molecule has 20 heavy (non-hydrogen) atoms. The van der Waals surface area contributed by atoms with Crippen LogP contribution in [0.15, 0.2) is 17.3 Å². The Kier molecular flexibility index (Phi) is 5.18. The van der Waals surface area contributed by atoms with E-state index in [1.165, 1.54) is 0 Å². The second-order valence-electron chi connectivity index (χ2n) is 4.25. The number of amidine groups is 1. The van der Waals surface area contributed by atoms with Crippen LogP contribution in [0, 0.1) is 0 Å². The SMILES string of the molecule is CCCC(C)Oc1nc(C(F)(F)F)ccc1/C(N)=N/O. The lowest BCUT2D eigenvalue weighted by atomic mass is 10.2. The Morgan fingerprint density at radius 1 is 1.50 bits per heavy atom. The van der Waals surface area contributed by atoms with E-state index in [1.54, 1.807) is 6.92 Å². The summed E-state index contributed by atoms with van der Waals surface area (Å²) < 4.78 is 43.3. The molecule has 1 aromatic rings. The highest BCUT2D eigenvalue weighted by molar-refractivity contribution is 5.99. The zero-order valence-corrected chi connectivity index (χ0v) is 11.1. The summed E-state index contributed by atoms with van der Waals surface area (Å²) in [6.07, 6.45) is -3.47. The molecule has 112 valence electrons. The molecule has 3 N–H and O–H groups in total. The molecule has 0 aromatic carbocycles. The summed E-state index contributed by atoms with van der Waals surface area (Å²) >= 11 is 0. The third-order valence-corrected chi connectivity index (χ3v) is 2.54. The van der Waals surface area contributed by atoms with Crippen LogP contribution in [0.1, 0.15) is 37.9 Å². The van der Waals surface area contributed by atoms with Crippen LogP contribution < -0.4 is 10.5 Å². The molecule has 0 fully saturated rings. The molecule has 0 radical (unpaired) electrons. The van der Waals surface area contributed by atoms with Gasteiger partial charge in [0, 0.05) is 0 Å². The van der Waals surface area contributed by atoms with Crippen molar-refractivity contribution in [3.05, 3.63) is 23.4 Å². The van der Waals surface area contributed by atoms with E-state index in [1.807, 2.05) is 6.92 Å². The van der Waals surface area contributed by atoms with Crippen LogP contribution in [0.4, 0.5) is 13.2 Å². The number of halogens is 3. The molecule has 0 saturated heterocycles. The number of hydrogen-bond acceptors (Lipinski definition) is 4. The van der Waals surface area contributed by atoms with Gasteiger partial charge in [-0.15, -0.1) is 0 Å². The second-order valence-corrected chi connectivity index (χ2v) is 4.25. The van der Waals surface area contributed by atoms with Crippen molar-refractivity contribution in [2.45, 2.75) is 39.0 Å². The molecule has 8 heteroatoms. The third-order valence-electron chi connectivity index (χ3n) is 2.54. The van der Waals surface area contributed by atoms with Gasteiger partial charge in [-0.2, -0.15) is 13.2 Å².